The fourth-order valence-electron chi connectivity index (χ4n) is 3.61. The molecule has 1 atom stereocenters. The largest absolute Gasteiger partial charge is 0.484 e. The van der Waals surface area contributed by atoms with Crippen LogP contribution < -0.4 is 10.1 Å². The number of carbonyl (C=O) groups excluding carboxylic acids is 2. The molecule has 0 unspecified atom stereocenters. The molecule has 0 saturated carbocycles. The van der Waals surface area contributed by atoms with Crippen LogP contribution in [0.4, 0.5) is 0 Å². The molecule has 3 rings (SSSR count). The third kappa shape index (κ3) is 8.61. The fraction of sp³-hybridized carbons (Fsp3) is 0.286. The Bertz CT molecular complexity index is 1070. The van der Waals surface area contributed by atoms with Gasteiger partial charge in [0.15, 0.2) is 6.61 Å². The molecule has 3 aromatic carbocycles. The number of rotatable bonds is 12. The third-order valence-electron chi connectivity index (χ3n) is 5.54. The van der Waals surface area contributed by atoms with Gasteiger partial charge in [-0.25, -0.2) is 0 Å². The molecule has 0 saturated heterocycles. The van der Waals surface area contributed by atoms with Crippen molar-refractivity contribution in [1.29, 1.82) is 0 Å². The van der Waals surface area contributed by atoms with Crippen molar-refractivity contribution in [2.45, 2.75) is 38.8 Å². The molecule has 0 aromatic heterocycles. The predicted molar refractivity (Wildman–Crippen MR) is 141 cm³/mol. The Hall–Kier alpha value is -3.02. The Morgan fingerprint density at radius 3 is 2.14 bits per heavy atom. The summed E-state index contributed by atoms with van der Waals surface area (Å²) in [7, 11) is 0. The topological polar surface area (TPSA) is 58.6 Å². The van der Waals surface area contributed by atoms with E-state index in [4.69, 9.17) is 27.9 Å². The minimum atomic E-state index is -0.703. The number of hydrogen-bond acceptors (Lipinski definition) is 3. The number of benzene rings is 3. The van der Waals surface area contributed by atoms with E-state index >= 15 is 0 Å². The Morgan fingerprint density at radius 1 is 0.886 bits per heavy atom. The second-order valence-corrected chi connectivity index (χ2v) is 9.11. The summed E-state index contributed by atoms with van der Waals surface area (Å²) < 4.78 is 5.74. The van der Waals surface area contributed by atoms with Gasteiger partial charge in [0.1, 0.15) is 11.8 Å². The van der Waals surface area contributed by atoms with E-state index in [1.54, 1.807) is 41.3 Å². The summed E-state index contributed by atoms with van der Waals surface area (Å²) in [6.07, 6.45) is 2.22. The maximum absolute atomic E-state index is 13.5. The Kier molecular flexibility index (Phi) is 10.5. The first-order valence-corrected chi connectivity index (χ1v) is 12.5. The van der Waals surface area contributed by atoms with E-state index < -0.39 is 6.04 Å². The van der Waals surface area contributed by atoms with Gasteiger partial charge in [0.25, 0.3) is 5.91 Å². The number of carbonyl (C=O) groups is 2. The lowest BCUT2D eigenvalue weighted by atomic mass is 10.0. The molecule has 0 radical (unpaired) electrons. The summed E-state index contributed by atoms with van der Waals surface area (Å²) in [6, 6.07) is 23.1. The van der Waals surface area contributed by atoms with E-state index in [9.17, 15) is 9.59 Å². The highest BCUT2D eigenvalue weighted by Crippen LogP contribution is 2.19. The lowest BCUT2D eigenvalue weighted by Crippen LogP contribution is -2.51. The number of amides is 2. The summed E-state index contributed by atoms with van der Waals surface area (Å²) in [5.41, 5.74) is 1.84. The van der Waals surface area contributed by atoms with Gasteiger partial charge in [-0.15, -0.1) is 0 Å². The first-order valence-electron chi connectivity index (χ1n) is 11.7. The van der Waals surface area contributed by atoms with Crippen molar-refractivity contribution in [2.24, 2.45) is 0 Å². The Balaban J connectivity index is 1.86. The van der Waals surface area contributed by atoms with Gasteiger partial charge in [0.2, 0.25) is 5.91 Å². The molecule has 0 fully saturated rings. The monoisotopic (exact) mass is 512 g/mol. The highest BCUT2D eigenvalue weighted by molar-refractivity contribution is 6.30. The molecular weight excluding hydrogens is 483 g/mol. The van der Waals surface area contributed by atoms with Crippen molar-refractivity contribution in [3.8, 4) is 5.75 Å². The molecule has 7 heteroatoms. The number of halogens is 2. The Morgan fingerprint density at radius 2 is 1.51 bits per heavy atom. The molecule has 35 heavy (non-hydrogen) atoms. The second kappa shape index (κ2) is 13.8. The number of ether oxygens (including phenoxy) is 1. The summed E-state index contributed by atoms with van der Waals surface area (Å²) in [5.74, 6) is 0.0544. The SMILES string of the molecule is CCCCNC(=O)[C@H](Cc1ccccc1)N(Cc1ccc(Cl)cc1)C(=O)COc1ccc(Cl)cc1. The van der Waals surface area contributed by atoms with Gasteiger partial charge in [0, 0.05) is 29.6 Å². The van der Waals surface area contributed by atoms with Crippen LogP contribution in [-0.4, -0.2) is 35.9 Å². The van der Waals surface area contributed by atoms with Crippen LogP contribution >= 0.6 is 23.2 Å². The van der Waals surface area contributed by atoms with Crippen LogP contribution in [0.2, 0.25) is 10.0 Å². The molecule has 0 aliphatic carbocycles. The van der Waals surface area contributed by atoms with E-state index in [1.165, 1.54) is 0 Å². The zero-order chi connectivity index (χ0) is 25.0. The number of unbranched alkanes of at least 4 members (excludes halogenated alkanes) is 1. The maximum Gasteiger partial charge on any atom is 0.261 e. The number of nitrogens with one attached hydrogen (secondary N) is 1. The standard InChI is InChI=1S/C28H30Cl2N2O3/c1-2-3-17-31-28(34)26(18-21-7-5-4-6-8-21)32(19-22-9-11-23(29)12-10-22)27(33)20-35-25-15-13-24(30)14-16-25/h4-16,26H,2-3,17-20H2,1H3,(H,31,34)/t26-/m0/s1. The average Bonchev–Trinajstić information content (AvgIpc) is 2.87. The molecule has 2 amide bonds. The van der Waals surface area contributed by atoms with Crippen LogP contribution in [0.1, 0.15) is 30.9 Å². The zero-order valence-electron chi connectivity index (χ0n) is 19.8. The smallest absolute Gasteiger partial charge is 0.261 e. The van der Waals surface area contributed by atoms with Gasteiger partial charge in [0.05, 0.1) is 0 Å². The van der Waals surface area contributed by atoms with Crippen molar-refractivity contribution in [1.82, 2.24) is 10.2 Å². The van der Waals surface area contributed by atoms with Crippen LogP contribution in [0.3, 0.4) is 0 Å². The quantitative estimate of drug-likeness (QED) is 0.306. The van der Waals surface area contributed by atoms with Gasteiger partial charge in [-0.2, -0.15) is 0 Å². The average molecular weight is 513 g/mol. The molecular formula is C28H30Cl2N2O3. The molecule has 184 valence electrons. The summed E-state index contributed by atoms with van der Waals surface area (Å²) in [4.78, 5) is 28.4. The van der Waals surface area contributed by atoms with Crippen LogP contribution in [-0.2, 0) is 22.6 Å². The summed E-state index contributed by atoms with van der Waals surface area (Å²) >= 11 is 12.0. The van der Waals surface area contributed by atoms with E-state index in [0.29, 0.717) is 28.8 Å². The number of nitrogens with zero attached hydrogens (tertiary/aromatic N) is 1. The van der Waals surface area contributed by atoms with Gasteiger partial charge in [-0.3, -0.25) is 9.59 Å². The number of hydrogen-bond donors (Lipinski definition) is 1. The van der Waals surface area contributed by atoms with Crippen molar-refractivity contribution >= 4 is 35.0 Å². The summed E-state index contributed by atoms with van der Waals surface area (Å²) in [6.45, 7) is 2.67. The highest BCUT2D eigenvalue weighted by atomic mass is 35.5. The van der Waals surface area contributed by atoms with Crippen molar-refractivity contribution in [2.75, 3.05) is 13.2 Å². The van der Waals surface area contributed by atoms with E-state index in [0.717, 1.165) is 24.0 Å². The van der Waals surface area contributed by atoms with E-state index in [2.05, 4.69) is 12.2 Å². The lowest BCUT2D eigenvalue weighted by Gasteiger charge is -2.31. The molecule has 1 N–H and O–H groups in total. The van der Waals surface area contributed by atoms with Gasteiger partial charge < -0.3 is 15.0 Å². The highest BCUT2D eigenvalue weighted by Gasteiger charge is 2.30. The first-order chi connectivity index (χ1) is 17.0. The molecule has 0 heterocycles. The molecule has 0 bridgehead atoms. The lowest BCUT2D eigenvalue weighted by molar-refractivity contribution is -0.142. The van der Waals surface area contributed by atoms with Crippen molar-refractivity contribution in [3.63, 3.8) is 0 Å². The molecule has 0 spiro atoms. The van der Waals surface area contributed by atoms with E-state index in [1.807, 2.05) is 42.5 Å². The molecule has 5 nitrogen and oxygen atoms in total. The first kappa shape index (κ1) is 26.6. The van der Waals surface area contributed by atoms with Gasteiger partial charge in [-0.05, 0) is 53.9 Å². The Labute approximate surface area is 217 Å². The predicted octanol–water partition coefficient (Wildman–Crippen LogP) is 5.93. The van der Waals surface area contributed by atoms with E-state index in [-0.39, 0.29) is 25.0 Å². The molecule has 0 aliphatic rings. The minimum Gasteiger partial charge on any atom is -0.484 e. The maximum atomic E-state index is 13.5. The molecule has 0 aliphatic heterocycles. The van der Waals surface area contributed by atoms with Gasteiger partial charge in [-0.1, -0.05) is 79.0 Å². The second-order valence-electron chi connectivity index (χ2n) is 8.24. The third-order valence-corrected chi connectivity index (χ3v) is 6.05. The van der Waals surface area contributed by atoms with Crippen molar-refractivity contribution in [3.05, 3.63) is 100 Å². The fourth-order valence-corrected chi connectivity index (χ4v) is 3.86. The zero-order valence-corrected chi connectivity index (χ0v) is 21.3. The summed E-state index contributed by atoms with van der Waals surface area (Å²) in [5, 5.41) is 4.20. The van der Waals surface area contributed by atoms with Crippen LogP contribution in [0.25, 0.3) is 0 Å². The van der Waals surface area contributed by atoms with Crippen LogP contribution in [0.15, 0.2) is 78.9 Å². The van der Waals surface area contributed by atoms with Crippen LogP contribution in [0, 0.1) is 0 Å². The van der Waals surface area contributed by atoms with Gasteiger partial charge >= 0.3 is 0 Å². The minimum absolute atomic E-state index is 0.184. The normalized spacial score (nSPS) is 11.5. The van der Waals surface area contributed by atoms with Crippen LogP contribution in [0.5, 0.6) is 5.75 Å². The molecule has 3 aromatic rings. The van der Waals surface area contributed by atoms with Crippen molar-refractivity contribution < 1.29 is 14.3 Å².